The maximum atomic E-state index is 13.0. The van der Waals surface area contributed by atoms with E-state index in [0.717, 1.165) is 23.3 Å². The van der Waals surface area contributed by atoms with Gasteiger partial charge in [0.15, 0.2) is 0 Å². The van der Waals surface area contributed by atoms with Crippen LogP contribution >= 0.6 is 0 Å². The van der Waals surface area contributed by atoms with E-state index in [2.05, 4.69) is 11.4 Å². The molecule has 5 heteroatoms. The molecule has 1 heterocycles. The van der Waals surface area contributed by atoms with Crippen molar-refractivity contribution in [2.45, 2.75) is 44.2 Å². The minimum absolute atomic E-state index is 0.0255. The number of carbonyl (C=O) groups is 1. The first-order chi connectivity index (χ1) is 13.1. The monoisotopic (exact) mass is 369 g/mol. The SMILES string of the molecule is O=C(CCc1ccc(F)cc1)N[C@@H](c1ccc2c(c1)CCO2)C1CC(O)C1. The van der Waals surface area contributed by atoms with Crippen LogP contribution in [0.4, 0.5) is 4.39 Å². The zero-order chi connectivity index (χ0) is 18.8. The predicted octanol–water partition coefficient (Wildman–Crippen LogP) is 3.32. The number of carbonyl (C=O) groups excluding carboxylic acids is 1. The van der Waals surface area contributed by atoms with Crippen LogP contribution in [0, 0.1) is 11.7 Å². The topological polar surface area (TPSA) is 58.6 Å². The summed E-state index contributed by atoms with van der Waals surface area (Å²) in [7, 11) is 0. The molecule has 4 nitrogen and oxygen atoms in total. The molecular formula is C22H24FNO3. The number of hydrogen-bond acceptors (Lipinski definition) is 3. The third-order valence-electron chi connectivity index (χ3n) is 5.56. The summed E-state index contributed by atoms with van der Waals surface area (Å²) in [4.78, 5) is 12.6. The molecule has 0 bridgehead atoms. The molecule has 1 amide bonds. The van der Waals surface area contributed by atoms with E-state index < -0.39 is 0 Å². The van der Waals surface area contributed by atoms with Crippen molar-refractivity contribution in [1.29, 1.82) is 0 Å². The van der Waals surface area contributed by atoms with Crippen LogP contribution in [0.15, 0.2) is 42.5 Å². The molecule has 27 heavy (non-hydrogen) atoms. The normalized spacial score (nSPS) is 21.7. The molecule has 2 aromatic rings. The second kappa shape index (κ2) is 7.69. The van der Waals surface area contributed by atoms with E-state index in [-0.39, 0.29) is 29.8 Å². The molecule has 0 saturated heterocycles. The largest absolute Gasteiger partial charge is 0.493 e. The van der Waals surface area contributed by atoms with E-state index >= 15 is 0 Å². The van der Waals surface area contributed by atoms with Gasteiger partial charge in [-0.1, -0.05) is 18.2 Å². The van der Waals surface area contributed by atoms with Gasteiger partial charge in [0.1, 0.15) is 11.6 Å². The quantitative estimate of drug-likeness (QED) is 0.821. The van der Waals surface area contributed by atoms with Crippen molar-refractivity contribution in [2.24, 2.45) is 5.92 Å². The van der Waals surface area contributed by atoms with Gasteiger partial charge in [-0.15, -0.1) is 0 Å². The molecule has 0 unspecified atom stereocenters. The van der Waals surface area contributed by atoms with Gasteiger partial charge in [0.05, 0.1) is 18.8 Å². The summed E-state index contributed by atoms with van der Waals surface area (Å²) >= 11 is 0. The molecule has 1 saturated carbocycles. The van der Waals surface area contributed by atoms with Crippen molar-refractivity contribution in [1.82, 2.24) is 5.32 Å². The van der Waals surface area contributed by atoms with Gasteiger partial charge in [-0.3, -0.25) is 4.79 Å². The van der Waals surface area contributed by atoms with E-state index in [1.54, 1.807) is 12.1 Å². The summed E-state index contributed by atoms with van der Waals surface area (Å²) in [6.07, 6.45) is 2.95. The summed E-state index contributed by atoms with van der Waals surface area (Å²) in [5, 5.41) is 12.9. The first-order valence-corrected chi connectivity index (χ1v) is 9.56. The first kappa shape index (κ1) is 18.0. The Bertz CT molecular complexity index is 815. The van der Waals surface area contributed by atoms with Gasteiger partial charge in [-0.25, -0.2) is 4.39 Å². The molecule has 0 aromatic heterocycles. The number of nitrogens with one attached hydrogen (secondary N) is 1. The van der Waals surface area contributed by atoms with Crippen LogP contribution in [-0.4, -0.2) is 23.7 Å². The minimum atomic E-state index is -0.272. The molecule has 2 aliphatic rings. The van der Waals surface area contributed by atoms with Crippen molar-refractivity contribution in [2.75, 3.05) is 6.61 Å². The maximum absolute atomic E-state index is 13.0. The zero-order valence-corrected chi connectivity index (χ0v) is 15.2. The average Bonchev–Trinajstić information content (AvgIpc) is 3.11. The lowest BCUT2D eigenvalue weighted by Crippen LogP contribution is -2.41. The summed E-state index contributed by atoms with van der Waals surface area (Å²) in [5.41, 5.74) is 3.20. The van der Waals surface area contributed by atoms with Gasteiger partial charge < -0.3 is 15.2 Å². The number of benzene rings is 2. The number of aryl methyl sites for hydroxylation is 1. The van der Waals surface area contributed by atoms with Crippen LogP contribution in [0.3, 0.4) is 0 Å². The summed E-state index contributed by atoms with van der Waals surface area (Å²) in [6, 6.07) is 12.3. The Morgan fingerprint density at radius 2 is 2.00 bits per heavy atom. The molecule has 2 N–H and O–H groups in total. The minimum Gasteiger partial charge on any atom is -0.493 e. The zero-order valence-electron chi connectivity index (χ0n) is 15.2. The van der Waals surface area contributed by atoms with Gasteiger partial charge in [-0.2, -0.15) is 0 Å². The first-order valence-electron chi connectivity index (χ1n) is 9.56. The molecule has 1 aliphatic heterocycles. The second-order valence-corrected chi connectivity index (χ2v) is 7.52. The summed E-state index contributed by atoms with van der Waals surface area (Å²) in [5.74, 6) is 0.874. The van der Waals surface area contributed by atoms with Crippen molar-refractivity contribution in [3.63, 3.8) is 0 Å². The number of fused-ring (bicyclic) bond motifs is 1. The Hall–Kier alpha value is -2.40. The third-order valence-corrected chi connectivity index (χ3v) is 5.56. The lowest BCUT2D eigenvalue weighted by Gasteiger charge is -2.38. The molecule has 1 aliphatic carbocycles. The van der Waals surface area contributed by atoms with Crippen LogP contribution in [0.5, 0.6) is 5.75 Å². The Labute approximate surface area is 158 Å². The number of rotatable bonds is 6. The number of amides is 1. The average molecular weight is 369 g/mol. The van der Waals surface area contributed by atoms with Crippen LogP contribution in [0.2, 0.25) is 0 Å². The van der Waals surface area contributed by atoms with Gasteiger partial charge >= 0.3 is 0 Å². The molecule has 4 rings (SSSR count). The van der Waals surface area contributed by atoms with E-state index in [1.165, 1.54) is 17.7 Å². The Morgan fingerprint density at radius 1 is 1.22 bits per heavy atom. The number of aliphatic hydroxyl groups excluding tert-OH is 1. The molecule has 1 atom stereocenters. The lowest BCUT2D eigenvalue weighted by molar-refractivity contribution is -0.123. The van der Waals surface area contributed by atoms with Crippen molar-refractivity contribution in [3.8, 4) is 5.75 Å². The fourth-order valence-electron chi connectivity index (χ4n) is 3.93. The highest BCUT2D eigenvalue weighted by Crippen LogP contribution is 2.39. The summed E-state index contributed by atoms with van der Waals surface area (Å²) in [6.45, 7) is 0.704. The van der Waals surface area contributed by atoms with E-state index in [4.69, 9.17) is 4.74 Å². The molecule has 0 radical (unpaired) electrons. The van der Waals surface area contributed by atoms with Crippen LogP contribution in [0.1, 0.15) is 42.0 Å². The standard InChI is InChI=1S/C22H24FNO3/c23-18-5-1-14(2-6-18)3-8-21(26)24-22(17-12-19(25)13-17)16-4-7-20-15(11-16)9-10-27-20/h1-2,4-7,11,17,19,22,25H,3,8-10,12-13H2,(H,24,26)/t17?,19?,22-/m0/s1. The Balaban J connectivity index is 1.43. The smallest absolute Gasteiger partial charge is 0.220 e. The van der Waals surface area contributed by atoms with Crippen molar-refractivity contribution in [3.05, 3.63) is 65.0 Å². The van der Waals surface area contributed by atoms with Gasteiger partial charge in [0.25, 0.3) is 0 Å². The highest BCUT2D eigenvalue weighted by Gasteiger charge is 2.36. The van der Waals surface area contributed by atoms with Crippen molar-refractivity contribution >= 4 is 5.91 Å². The highest BCUT2D eigenvalue weighted by molar-refractivity contribution is 5.76. The van der Waals surface area contributed by atoms with Gasteiger partial charge in [-0.05, 0) is 66.1 Å². The van der Waals surface area contributed by atoms with Gasteiger partial charge in [0.2, 0.25) is 5.91 Å². The van der Waals surface area contributed by atoms with Crippen LogP contribution in [0.25, 0.3) is 0 Å². The highest BCUT2D eigenvalue weighted by atomic mass is 19.1. The molecule has 2 aromatic carbocycles. The Morgan fingerprint density at radius 3 is 2.74 bits per heavy atom. The fourth-order valence-corrected chi connectivity index (χ4v) is 3.93. The van der Waals surface area contributed by atoms with E-state index in [1.807, 2.05) is 12.1 Å². The Kier molecular flexibility index (Phi) is 5.12. The van der Waals surface area contributed by atoms with E-state index in [0.29, 0.717) is 32.3 Å². The molecule has 142 valence electrons. The number of aliphatic hydroxyl groups is 1. The second-order valence-electron chi connectivity index (χ2n) is 7.52. The van der Waals surface area contributed by atoms with Crippen molar-refractivity contribution < 1.29 is 19.0 Å². The molecular weight excluding hydrogens is 345 g/mol. The van der Waals surface area contributed by atoms with E-state index in [9.17, 15) is 14.3 Å². The third kappa shape index (κ3) is 4.14. The number of hydrogen-bond donors (Lipinski definition) is 2. The number of ether oxygens (including phenoxy) is 1. The predicted molar refractivity (Wildman–Crippen MR) is 100.0 cm³/mol. The van der Waals surface area contributed by atoms with Crippen LogP contribution < -0.4 is 10.1 Å². The van der Waals surface area contributed by atoms with Gasteiger partial charge in [0, 0.05) is 12.8 Å². The maximum Gasteiger partial charge on any atom is 0.220 e. The molecule has 0 spiro atoms. The summed E-state index contributed by atoms with van der Waals surface area (Å²) < 4.78 is 18.6. The van der Waals surface area contributed by atoms with Crippen LogP contribution in [-0.2, 0) is 17.6 Å². The number of halogens is 1. The molecule has 1 fully saturated rings. The lowest BCUT2D eigenvalue weighted by atomic mass is 9.74. The fraction of sp³-hybridized carbons (Fsp3) is 0.409.